The van der Waals surface area contributed by atoms with Crippen molar-refractivity contribution in [3.8, 4) is 12.3 Å². The molecule has 1 aromatic heterocycles. The highest BCUT2D eigenvalue weighted by Crippen LogP contribution is 2.09. The van der Waals surface area contributed by atoms with E-state index in [1.165, 1.54) is 6.92 Å². The van der Waals surface area contributed by atoms with Crippen molar-refractivity contribution in [2.24, 2.45) is 0 Å². The maximum atomic E-state index is 11.2. The second-order valence-electron chi connectivity index (χ2n) is 3.55. The van der Waals surface area contributed by atoms with Gasteiger partial charge in [0.1, 0.15) is 13.2 Å². The lowest BCUT2D eigenvalue weighted by Crippen LogP contribution is -2.20. The van der Waals surface area contributed by atoms with E-state index >= 15 is 0 Å². The van der Waals surface area contributed by atoms with Gasteiger partial charge in [0.05, 0.1) is 6.61 Å². The van der Waals surface area contributed by atoms with E-state index in [2.05, 4.69) is 26.2 Å². The van der Waals surface area contributed by atoms with Crippen LogP contribution in [-0.4, -0.2) is 45.4 Å². The molecule has 0 spiro atoms. The molecule has 20 heavy (non-hydrogen) atoms. The maximum Gasteiger partial charge on any atom is 0.511 e. The molecule has 0 unspecified atom stereocenters. The zero-order valence-corrected chi connectivity index (χ0v) is 11.1. The highest BCUT2D eigenvalue weighted by molar-refractivity contribution is 5.76. The van der Waals surface area contributed by atoms with Crippen LogP contribution in [0.3, 0.4) is 0 Å². The standard InChI is InChI=1S/C11H14N4O5/c1-4-10(20-11(17)19-5-2)15-9(12-13-14-15)7-18-6-8(3)16/h1,10H,5-7H2,2-3H3/t10-/m0/s1. The van der Waals surface area contributed by atoms with Crippen LogP contribution in [-0.2, 0) is 25.6 Å². The van der Waals surface area contributed by atoms with E-state index in [1.807, 2.05) is 0 Å². The minimum absolute atomic E-state index is 0.0447. The third-order valence-electron chi connectivity index (χ3n) is 1.93. The van der Waals surface area contributed by atoms with Gasteiger partial charge in [0, 0.05) is 0 Å². The van der Waals surface area contributed by atoms with Gasteiger partial charge in [0.2, 0.25) is 0 Å². The molecular weight excluding hydrogens is 268 g/mol. The Morgan fingerprint density at radius 2 is 2.25 bits per heavy atom. The van der Waals surface area contributed by atoms with Crippen LogP contribution in [0.25, 0.3) is 0 Å². The van der Waals surface area contributed by atoms with Crippen LogP contribution < -0.4 is 0 Å². The van der Waals surface area contributed by atoms with E-state index in [-0.39, 0.29) is 31.4 Å². The van der Waals surface area contributed by atoms with Crippen LogP contribution >= 0.6 is 0 Å². The van der Waals surface area contributed by atoms with E-state index in [1.54, 1.807) is 6.92 Å². The van der Waals surface area contributed by atoms with Gasteiger partial charge in [-0.1, -0.05) is 0 Å². The van der Waals surface area contributed by atoms with E-state index in [0.717, 1.165) is 4.68 Å². The molecule has 9 nitrogen and oxygen atoms in total. The molecule has 0 aromatic carbocycles. The first-order chi connectivity index (χ1) is 9.58. The molecule has 1 heterocycles. The van der Waals surface area contributed by atoms with Crippen molar-refractivity contribution in [3.05, 3.63) is 5.82 Å². The van der Waals surface area contributed by atoms with E-state index in [4.69, 9.17) is 15.9 Å². The van der Waals surface area contributed by atoms with E-state index in [0.29, 0.717) is 0 Å². The fraction of sp³-hybridized carbons (Fsp3) is 0.545. The number of hydrogen-bond acceptors (Lipinski definition) is 8. The Bertz CT molecular complexity index is 507. The fourth-order valence-corrected chi connectivity index (χ4v) is 1.17. The number of ether oxygens (including phenoxy) is 3. The van der Waals surface area contributed by atoms with Crippen molar-refractivity contribution >= 4 is 11.9 Å². The number of terminal acetylenes is 1. The number of carbonyl (C=O) groups excluding carboxylic acids is 2. The summed E-state index contributed by atoms with van der Waals surface area (Å²) in [6.45, 7) is 3.05. The Labute approximate surface area is 115 Å². The van der Waals surface area contributed by atoms with Crippen molar-refractivity contribution in [3.63, 3.8) is 0 Å². The first kappa shape index (κ1) is 15.6. The largest absolute Gasteiger partial charge is 0.511 e. The molecule has 0 fully saturated rings. The van der Waals surface area contributed by atoms with Crippen molar-refractivity contribution in [2.45, 2.75) is 26.7 Å². The van der Waals surface area contributed by atoms with E-state index in [9.17, 15) is 9.59 Å². The summed E-state index contributed by atoms with van der Waals surface area (Å²) in [6.07, 6.45) is 3.18. The molecule has 1 aromatic rings. The van der Waals surface area contributed by atoms with Crippen LogP contribution in [0.15, 0.2) is 0 Å². The second kappa shape index (κ2) is 7.85. The molecule has 0 saturated heterocycles. The molecule has 0 aliphatic carbocycles. The van der Waals surface area contributed by atoms with Crippen LogP contribution in [0.5, 0.6) is 0 Å². The van der Waals surface area contributed by atoms with Crippen LogP contribution in [0.2, 0.25) is 0 Å². The molecule has 1 rings (SSSR count). The molecule has 0 bridgehead atoms. The monoisotopic (exact) mass is 282 g/mol. The number of tetrazole rings is 1. The van der Waals surface area contributed by atoms with Crippen LogP contribution in [0.1, 0.15) is 25.9 Å². The normalized spacial score (nSPS) is 11.4. The average Bonchev–Trinajstić information content (AvgIpc) is 2.84. The molecule has 0 radical (unpaired) electrons. The van der Waals surface area contributed by atoms with Gasteiger partial charge in [-0.05, 0) is 30.2 Å². The molecule has 0 aliphatic heterocycles. The first-order valence-corrected chi connectivity index (χ1v) is 5.72. The Hall–Kier alpha value is -2.47. The lowest BCUT2D eigenvalue weighted by molar-refractivity contribution is -0.121. The SMILES string of the molecule is C#C[C@H](OC(=O)OCC)n1nnnc1COCC(C)=O. The Morgan fingerprint density at radius 3 is 2.85 bits per heavy atom. The number of Topliss-reactive ketones (excluding diaryl/α,β-unsaturated/α-hetero) is 1. The molecule has 0 amide bonds. The number of nitrogens with zero attached hydrogens (tertiary/aromatic N) is 4. The van der Waals surface area contributed by atoms with Gasteiger partial charge in [-0.25, -0.2) is 4.79 Å². The predicted molar refractivity (Wildman–Crippen MR) is 64.1 cm³/mol. The smallest absolute Gasteiger partial charge is 0.435 e. The summed E-state index contributed by atoms with van der Waals surface area (Å²) >= 11 is 0. The van der Waals surface area contributed by atoms with Gasteiger partial charge >= 0.3 is 6.16 Å². The van der Waals surface area contributed by atoms with Gasteiger partial charge in [-0.3, -0.25) is 4.79 Å². The van der Waals surface area contributed by atoms with Gasteiger partial charge in [0.25, 0.3) is 6.23 Å². The van der Waals surface area contributed by atoms with Crippen LogP contribution in [0, 0.1) is 12.3 Å². The average molecular weight is 282 g/mol. The van der Waals surface area contributed by atoms with Gasteiger partial charge in [-0.15, -0.1) is 11.5 Å². The summed E-state index contributed by atoms with van der Waals surface area (Å²) in [6, 6.07) is 0. The first-order valence-electron chi connectivity index (χ1n) is 5.72. The molecule has 108 valence electrons. The number of ketones is 1. The quantitative estimate of drug-likeness (QED) is 0.511. The summed E-state index contributed by atoms with van der Waals surface area (Å²) in [5.74, 6) is 2.29. The number of aromatic nitrogens is 4. The minimum atomic E-state index is -1.15. The predicted octanol–water partition coefficient (Wildman–Crippen LogP) is 0.0836. The minimum Gasteiger partial charge on any atom is -0.435 e. The van der Waals surface area contributed by atoms with Gasteiger partial charge in [0.15, 0.2) is 11.6 Å². The second-order valence-corrected chi connectivity index (χ2v) is 3.55. The van der Waals surface area contributed by atoms with Crippen molar-refractivity contribution in [1.29, 1.82) is 0 Å². The molecule has 0 saturated carbocycles. The number of rotatable bonds is 7. The van der Waals surface area contributed by atoms with Crippen molar-refractivity contribution in [1.82, 2.24) is 20.2 Å². The summed E-state index contributed by atoms with van der Waals surface area (Å²) in [4.78, 5) is 22.0. The highest BCUT2D eigenvalue weighted by Gasteiger charge is 2.20. The number of carbonyl (C=O) groups is 2. The van der Waals surface area contributed by atoms with Crippen molar-refractivity contribution < 1.29 is 23.8 Å². The summed E-state index contributed by atoms with van der Waals surface area (Å²) < 4.78 is 15.6. The molecular formula is C11H14N4O5. The lowest BCUT2D eigenvalue weighted by Gasteiger charge is -2.13. The molecule has 9 heteroatoms. The Balaban J connectivity index is 2.69. The third-order valence-corrected chi connectivity index (χ3v) is 1.93. The lowest BCUT2D eigenvalue weighted by atomic mass is 10.5. The van der Waals surface area contributed by atoms with Crippen molar-refractivity contribution in [2.75, 3.05) is 13.2 Å². The maximum absolute atomic E-state index is 11.2. The van der Waals surface area contributed by atoms with E-state index < -0.39 is 12.4 Å². The zero-order chi connectivity index (χ0) is 15.0. The number of hydrogen-bond donors (Lipinski definition) is 0. The summed E-state index contributed by atoms with van der Waals surface area (Å²) in [5, 5.41) is 10.7. The third kappa shape index (κ3) is 4.66. The zero-order valence-electron chi connectivity index (χ0n) is 11.1. The van der Waals surface area contributed by atoms with Crippen LogP contribution in [0.4, 0.5) is 4.79 Å². The molecule has 0 aliphatic rings. The Kier molecular flexibility index (Phi) is 6.12. The fourth-order valence-electron chi connectivity index (χ4n) is 1.17. The highest BCUT2D eigenvalue weighted by atomic mass is 16.7. The summed E-state index contributed by atoms with van der Waals surface area (Å²) in [7, 11) is 0. The van der Waals surface area contributed by atoms with Gasteiger partial charge in [-0.2, -0.15) is 4.68 Å². The summed E-state index contributed by atoms with van der Waals surface area (Å²) in [5.41, 5.74) is 0. The topological polar surface area (TPSA) is 105 Å². The Morgan fingerprint density at radius 1 is 1.50 bits per heavy atom. The molecule has 0 N–H and O–H groups in total. The molecule has 1 atom stereocenters. The van der Waals surface area contributed by atoms with Gasteiger partial charge < -0.3 is 14.2 Å².